The highest BCUT2D eigenvalue weighted by atomic mass is 35.5. The van der Waals surface area contributed by atoms with Crippen molar-refractivity contribution in [3.05, 3.63) is 59.1 Å². The molecule has 4 heteroatoms. The molecular weight excluding hydrogens is 222 g/mol. The van der Waals surface area contributed by atoms with Gasteiger partial charge in [0.1, 0.15) is 0 Å². The molecule has 2 aromatic rings. The van der Waals surface area contributed by atoms with Gasteiger partial charge in [-0.2, -0.15) is 0 Å². The van der Waals surface area contributed by atoms with E-state index in [1.807, 2.05) is 18.2 Å². The first-order valence-corrected chi connectivity index (χ1v) is 5.40. The van der Waals surface area contributed by atoms with Crippen LogP contribution in [0.4, 0.5) is 0 Å². The van der Waals surface area contributed by atoms with E-state index in [1.54, 1.807) is 24.5 Å². The molecule has 1 unspecified atom stereocenters. The third-order valence-corrected chi connectivity index (χ3v) is 2.51. The topological polar surface area (TPSA) is 51.8 Å². The van der Waals surface area contributed by atoms with E-state index in [1.165, 1.54) is 0 Å². The van der Waals surface area contributed by atoms with E-state index in [4.69, 9.17) is 17.3 Å². The smallest absolute Gasteiger partial charge is 0.0589 e. The van der Waals surface area contributed by atoms with Gasteiger partial charge in [-0.3, -0.25) is 9.97 Å². The molecule has 2 heterocycles. The van der Waals surface area contributed by atoms with Crippen LogP contribution >= 0.6 is 11.6 Å². The Labute approximate surface area is 99.3 Å². The van der Waals surface area contributed by atoms with Crippen molar-refractivity contribution >= 4 is 11.6 Å². The van der Waals surface area contributed by atoms with Crippen LogP contribution < -0.4 is 5.73 Å². The van der Waals surface area contributed by atoms with Crippen molar-refractivity contribution in [2.24, 2.45) is 5.73 Å². The summed E-state index contributed by atoms with van der Waals surface area (Å²) in [5.74, 6) is 0. The molecule has 1 atom stereocenters. The molecule has 0 amide bonds. The van der Waals surface area contributed by atoms with Crippen LogP contribution in [0.15, 0.2) is 42.7 Å². The SMILES string of the molecule is NC(Cc1ccccn1)c1cc(Cl)ccn1. The summed E-state index contributed by atoms with van der Waals surface area (Å²) < 4.78 is 0. The molecule has 0 bridgehead atoms. The number of nitrogens with zero attached hydrogens (tertiary/aromatic N) is 2. The van der Waals surface area contributed by atoms with E-state index in [0.29, 0.717) is 11.4 Å². The lowest BCUT2D eigenvalue weighted by atomic mass is 10.1. The number of nitrogens with two attached hydrogens (primary N) is 1. The Hall–Kier alpha value is -1.45. The summed E-state index contributed by atoms with van der Waals surface area (Å²) in [5.41, 5.74) is 7.78. The minimum Gasteiger partial charge on any atom is -0.322 e. The minimum atomic E-state index is -0.173. The molecule has 2 N–H and O–H groups in total. The maximum atomic E-state index is 6.03. The lowest BCUT2D eigenvalue weighted by molar-refractivity contribution is 0.683. The molecule has 0 saturated heterocycles. The van der Waals surface area contributed by atoms with Crippen molar-refractivity contribution in [1.82, 2.24) is 9.97 Å². The Balaban J connectivity index is 2.12. The van der Waals surface area contributed by atoms with Gasteiger partial charge in [-0.25, -0.2) is 0 Å². The van der Waals surface area contributed by atoms with Gasteiger partial charge in [0.15, 0.2) is 0 Å². The van der Waals surface area contributed by atoms with Crippen LogP contribution in [0, 0.1) is 0 Å². The van der Waals surface area contributed by atoms with E-state index in [9.17, 15) is 0 Å². The van der Waals surface area contributed by atoms with Gasteiger partial charge in [-0.05, 0) is 24.3 Å². The Morgan fingerprint density at radius 3 is 2.75 bits per heavy atom. The van der Waals surface area contributed by atoms with Gasteiger partial charge in [0, 0.05) is 29.5 Å². The fraction of sp³-hybridized carbons (Fsp3) is 0.167. The van der Waals surface area contributed by atoms with Crippen molar-refractivity contribution in [2.45, 2.75) is 12.5 Å². The molecule has 0 saturated carbocycles. The number of rotatable bonds is 3. The fourth-order valence-corrected chi connectivity index (χ4v) is 1.64. The summed E-state index contributed by atoms with van der Waals surface area (Å²) in [4.78, 5) is 8.42. The molecule has 0 fully saturated rings. The van der Waals surface area contributed by atoms with E-state index in [2.05, 4.69) is 9.97 Å². The summed E-state index contributed by atoms with van der Waals surface area (Å²) in [6.07, 6.45) is 4.08. The summed E-state index contributed by atoms with van der Waals surface area (Å²) in [7, 11) is 0. The fourth-order valence-electron chi connectivity index (χ4n) is 1.47. The van der Waals surface area contributed by atoms with Crippen LogP contribution in [0.2, 0.25) is 5.02 Å². The quantitative estimate of drug-likeness (QED) is 0.886. The number of halogens is 1. The molecule has 0 aliphatic rings. The van der Waals surface area contributed by atoms with Crippen molar-refractivity contribution in [1.29, 1.82) is 0 Å². The van der Waals surface area contributed by atoms with Gasteiger partial charge < -0.3 is 5.73 Å². The Morgan fingerprint density at radius 2 is 2.06 bits per heavy atom. The standard InChI is InChI=1S/C12H12ClN3/c13-9-4-6-16-12(7-9)11(14)8-10-3-1-2-5-15-10/h1-7,11H,8,14H2. The molecule has 0 aliphatic carbocycles. The van der Waals surface area contributed by atoms with Crippen LogP contribution in [-0.2, 0) is 6.42 Å². The van der Waals surface area contributed by atoms with Gasteiger partial charge in [0.2, 0.25) is 0 Å². The summed E-state index contributed by atoms with van der Waals surface area (Å²) in [6, 6.07) is 9.12. The zero-order valence-electron chi connectivity index (χ0n) is 8.68. The predicted molar refractivity (Wildman–Crippen MR) is 64.1 cm³/mol. The molecule has 0 aromatic carbocycles. The first kappa shape index (κ1) is 11.0. The molecule has 3 nitrogen and oxygen atoms in total. The molecule has 82 valence electrons. The molecule has 0 spiro atoms. The van der Waals surface area contributed by atoms with E-state index in [0.717, 1.165) is 11.4 Å². The third kappa shape index (κ3) is 2.78. The average Bonchev–Trinajstić information content (AvgIpc) is 2.30. The molecule has 2 aromatic heterocycles. The van der Waals surface area contributed by atoms with Gasteiger partial charge in [0.05, 0.1) is 11.7 Å². The summed E-state index contributed by atoms with van der Waals surface area (Å²) >= 11 is 5.88. The zero-order chi connectivity index (χ0) is 11.4. The van der Waals surface area contributed by atoms with Crippen molar-refractivity contribution in [3.8, 4) is 0 Å². The lowest BCUT2D eigenvalue weighted by Crippen LogP contribution is -2.15. The van der Waals surface area contributed by atoms with Crippen LogP contribution in [0.25, 0.3) is 0 Å². The number of hydrogen-bond acceptors (Lipinski definition) is 3. The zero-order valence-corrected chi connectivity index (χ0v) is 9.43. The van der Waals surface area contributed by atoms with Crippen molar-refractivity contribution in [2.75, 3.05) is 0 Å². The van der Waals surface area contributed by atoms with Crippen LogP contribution in [-0.4, -0.2) is 9.97 Å². The van der Waals surface area contributed by atoms with Crippen LogP contribution in [0.3, 0.4) is 0 Å². The highest BCUT2D eigenvalue weighted by Crippen LogP contribution is 2.16. The van der Waals surface area contributed by atoms with E-state index >= 15 is 0 Å². The first-order valence-electron chi connectivity index (χ1n) is 5.02. The second-order valence-electron chi connectivity index (χ2n) is 3.53. The van der Waals surface area contributed by atoms with Gasteiger partial charge >= 0.3 is 0 Å². The Kier molecular flexibility index (Phi) is 3.49. The van der Waals surface area contributed by atoms with Crippen LogP contribution in [0.1, 0.15) is 17.4 Å². The number of hydrogen-bond donors (Lipinski definition) is 1. The van der Waals surface area contributed by atoms with Crippen molar-refractivity contribution in [3.63, 3.8) is 0 Å². The normalized spacial score (nSPS) is 12.4. The molecular formula is C12H12ClN3. The minimum absolute atomic E-state index is 0.173. The van der Waals surface area contributed by atoms with Crippen LogP contribution in [0.5, 0.6) is 0 Å². The molecule has 0 radical (unpaired) electrons. The first-order chi connectivity index (χ1) is 7.75. The van der Waals surface area contributed by atoms with E-state index in [-0.39, 0.29) is 6.04 Å². The maximum Gasteiger partial charge on any atom is 0.0589 e. The lowest BCUT2D eigenvalue weighted by Gasteiger charge is -2.10. The van der Waals surface area contributed by atoms with Gasteiger partial charge in [-0.15, -0.1) is 0 Å². The second-order valence-corrected chi connectivity index (χ2v) is 3.97. The molecule has 16 heavy (non-hydrogen) atoms. The monoisotopic (exact) mass is 233 g/mol. The Bertz CT molecular complexity index is 459. The summed E-state index contributed by atoms with van der Waals surface area (Å²) in [5, 5.41) is 0.654. The van der Waals surface area contributed by atoms with Crippen molar-refractivity contribution < 1.29 is 0 Å². The second kappa shape index (κ2) is 5.05. The van der Waals surface area contributed by atoms with E-state index < -0.39 is 0 Å². The van der Waals surface area contributed by atoms with Gasteiger partial charge in [0.25, 0.3) is 0 Å². The number of pyridine rings is 2. The average molecular weight is 234 g/mol. The molecule has 2 rings (SSSR count). The van der Waals surface area contributed by atoms with Gasteiger partial charge in [-0.1, -0.05) is 17.7 Å². The number of aromatic nitrogens is 2. The molecule has 0 aliphatic heterocycles. The predicted octanol–water partition coefficient (Wildman–Crippen LogP) is 2.37. The summed E-state index contributed by atoms with van der Waals surface area (Å²) in [6.45, 7) is 0. The highest BCUT2D eigenvalue weighted by molar-refractivity contribution is 6.30. The maximum absolute atomic E-state index is 6.03. The highest BCUT2D eigenvalue weighted by Gasteiger charge is 2.09. The third-order valence-electron chi connectivity index (χ3n) is 2.28. The largest absolute Gasteiger partial charge is 0.322 e. The Morgan fingerprint density at radius 1 is 1.19 bits per heavy atom.